The van der Waals surface area contributed by atoms with Crippen LogP contribution in [-0.2, 0) is 16.1 Å². The van der Waals surface area contributed by atoms with E-state index in [4.69, 9.17) is 20.8 Å². The summed E-state index contributed by atoms with van der Waals surface area (Å²) in [6, 6.07) is 20.3. The molecule has 128 valence electrons. The van der Waals surface area contributed by atoms with Crippen LogP contribution in [0.25, 0.3) is 0 Å². The highest BCUT2D eigenvalue weighted by Crippen LogP contribution is 2.22. The van der Waals surface area contributed by atoms with Crippen LogP contribution in [0.1, 0.15) is 22.9 Å². The molecule has 25 heavy (non-hydrogen) atoms. The van der Waals surface area contributed by atoms with Gasteiger partial charge in [0.2, 0.25) is 5.91 Å². The van der Waals surface area contributed by atoms with Crippen LogP contribution < -0.4 is 5.32 Å². The van der Waals surface area contributed by atoms with Crippen molar-refractivity contribution in [1.82, 2.24) is 5.32 Å². The van der Waals surface area contributed by atoms with Gasteiger partial charge in [-0.05, 0) is 29.3 Å². The molecule has 1 heterocycles. The van der Waals surface area contributed by atoms with Crippen LogP contribution in [0.3, 0.4) is 0 Å². The molecule has 0 fully saturated rings. The molecule has 1 amide bonds. The van der Waals surface area contributed by atoms with Gasteiger partial charge in [0.05, 0.1) is 12.9 Å². The number of ether oxygens (including phenoxy) is 1. The molecule has 0 aliphatic heterocycles. The van der Waals surface area contributed by atoms with Gasteiger partial charge in [-0.15, -0.1) is 0 Å². The van der Waals surface area contributed by atoms with E-state index in [2.05, 4.69) is 5.32 Å². The Balaban J connectivity index is 1.60. The number of carbonyl (C=O) groups is 1. The van der Waals surface area contributed by atoms with Crippen molar-refractivity contribution in [3.63, 3.8) is 0 Å². The lowest BCUT2D eigenvalue weighted by atomic mass is 10.0. The highest BCUT2D eigenvalue weighted by atomic mass is 35.5. The quantitative estimate of drug-likeness (QED) is 0.685. The van der Waals surface area contributed by atoms with Crippen molar-refractivity contribution in [2.75, 3.05) is 6.61 Å². The van der Waals surface area contributed by atoms with Gasteiger partial charge in [-0.3, -0.25) is 4.79 Å². The Labute approximate surface area is 151 Å². The highest BCUT2D eigenvalue weighted by molar-refractivity contribution is 6.31. The Bertz CT molecular complexity index is 803. The van der Waals surface area contributed by atoms with E-state index in [-0.39, 0.29) is 25.2 Å². The predicted molar refractivity (Wildman–Crippen MR) is 96.2 cm³/mol. The van der Waals surface area contributed by atoms with Gasteiger partial charge < -0.3 is 14.5 Å². The Morgan fingerprint density at radius 3 is 2.52 bits per heavy atom. The maximum Gasteiger partial charge on any atom is 0.246 e. The van der Waals surface area contributed by atoms with Crippen molar-refractivity contribution in [2.24, 2.45) is 0 Å². The number of benzene rings is 2. The van der Waals surface area contributed by atoms with E-state index in [0.29, 0.717) is 10.8 Å². The summed E-state index contributed by atoms with van der Waals surface area (Å²) in [6.07, 6.45) is 1.59. The van der Waals surface area contributed by atoms with Crippen LogP contribution in [0.4, 0.5) is 0 Å². The molecule has 1 unspecified atom stereocenters. The van der Waals surface area contributed by atoms with Gasteiger partial charge >= 0.3 is 0 Å². The van der Waals surface area contributed by atoms with Crippen LogP contribution in [0.2, 0.25) is 5.02 Å². The van der Waals surface area contributed by atoms with E-state index in [0.717, 1.165) is 11.1 Å². The van der Waals surface area contributed by atoms with Gasteiger partial charge in [-0.25, -0.2) is 0 Å². The van der Waals surface area contributed by atoms with E-state index in [1.807, 2.05) is 54.6 Å². The summed E-state index contributed by atoms with van der Waals surface area (Å²) >= 11 is 6.08. The smallest absolute Gasteiger partial charge is 0.246 e. The average Bonchev–Trinajstić information content (AvgIpc) is 3.16. The zero-order valence-corrected chi connectivity index (χ0v) is 14.3. The Kier molecular flexibility index (Phi) is 5.88. The second-order valence-corrected chi connectivity index (χ2v) is 5.92. The maximum absolute atomic E-state index is 12.3. The number of rotatable bonds is 7. The Hall–Kier alpha value is -2.56. The second kappa shape index (κ2) is 8.51. The molecule has 0 saturated carbocycles. The Morgan fingerprint density at radius 2 is 1.80 bits per heavy atom. The first-order valence-corrected chi connectivity index (χ1v) is 8.30. The van der Waals surface area contributed by atoms with E-state index in [1.165, 1.54) is 0 Å². The first-order chi connectivity index (χ1) is 12.2. The lowest BCUT2D eigenvalue weighted by Gasteiger charge is -2.17. The van der Waals surface area contributed by atoms with E-state index in [1.54, 1.807) is 18.4 Å². The summed E-state index contributed by atoms with van der Waals surface area (Å²) in [4.78, 5) is 12.3. The number of hydrogen-bond acceptors (Lipinski definition) is 3. The molecule has 0 saturated heterocycles. The summed E-state index contributed by atoms with van der Waals surface area (Å²) in [5.41, 5.74) is 1.79. The normalized spacial score (nSPS) is 11.9. The predicted octanol–water partition coefficient (Wildman–Crippen LogP) is 4.36. The second-order valence-electron chi connectivity index (χ2n) is 5.51. The van der Waals surface area contributed by atoms with Crippen molar-refractivity contribution in [3.8, 4) is 0 Å². The van der Waals surface area contributed by atoms with Crippen LogP contribution in [-0.4, -0.2) is 12.5 Å². The SMILES string of the molecule is O=C(COCc1ccccc1Cl)NC(c1ccccc1)c1ccco1. The van der Waals surface area contributed by atoms with Crippen LogP contribution in [0.5, 0.6) is 0 Å². The van der Waals surface area contributed by atoms with Crippen molar-refractivity contribution >= 4 is 17.5 Å². The molecule has 1 N–H and O–H groups in total. The number of amides is 1. The molecule has 0 aliphatic rings. The van der Waals surface area contributed by atoms with Gasteiger partial charge in [0.1, 0.15) is 18.4 Å². The first kappa shape index (κ1) is 17.3. The lowest BCUT2D eigenvalue weighted by Crippen LogP contribution is -2.32. The maximum atomic E-state index is 12.3. The van der Waals surface area contributed by atoms with Gasteiger partial charge in [0.15, 0.2) is 0 Å². The van der Waals surface area contributed by atoms with E-state index in [9.17, 15) is 4.79 Å². The summed E-state index contributed by atoms with van der Waals surface area (Å²) in [5, 5.41) is 3.57. The van der Waals surface area contributed by atoms with Crippen molar-refractivity contribution in [1.29, 1.82) is 0 Å². The van der Waals surface area contributed by atoms with Crippen LogP contribution in [0.15, 0.2) is 77.4 Å². The minimum Gasteiger partial charge on any atom is -0.467 e. The molecule has 3 rings (SSSR count). The van der Waals surface area contributed by atoms with Gasteiger partial charge in [0, 0.05) is 5.02 Å². The topological polar surface area (TPSA) is 51.5 Å². The molecule has 0 aliphatic carbocycles. The molecule has 5 heteroatoms. The minimum absolute atomic E-state index is 0.0603. The standard InChI is InChI=1S/C20H18ClNO3/c21-17-10-5-4-9-16(17)13-24-14-19(23)22-20(18-11-6-12-25-18)15-7-2-1-3-8-15/h1-12,20H,13-14H2,(H,22,23). The molecule has 0 radical (unpaired) electrons. The summed E-state index contributed by atoms with van der Waals surface area (Å²) in [6.45, 7) is 0.221. The van der Waals surface area contributed by atoms with Crippen molar-refractivity contribution < 1.29 is 13.9 Å². The molecule has 1 atom stereocenters. The summed E-state index contributed by atoms with van der Waals surface area (Å²) in [7, 11) is 0. The summed E-state index contributed by atoms with van der Waals surface area (Å²) < 4.78 is 11.0. The van der Waals surface area contributed by atoms with Gasteiger partial charge in [-0.2, -0.15) is 0 Å². The number of nitrogens with one attached hydrogen (secondary N) is 1. The fraction of sp³-hybridized carbons (Fsp3) is 0.150. The third-order valence-corrected chi connectivity index (χ3v) is 4.08. The van der Waals surface area contributed by atoms with Crippen molar-refractivity contribution in [3.05, 3.63) is 94.9 Å². The molecule has 0 bridgehead atoms. The van der Waals surface area contributed by atoms with E-state index < -0.39 is 0 Å². The zero-order chi connectivity index (χ0) is 17.5. The van der Waals surface area contributed by atoms with Crippen LogP contribution in [0, 0.1) is 0 Å². The third kappa shape index (κ3) is 4.72. The molecule has 0 spiro atoms. The van der Waals surface area contributed by atoms with Gasteiger partial charge in [0.25, 0.3) is 0 Å². The molecule has 1 aromatic heterocycles. The third-order valence-electron chi connectivity index (χ3n) is 3.71. The number of furan rings is 1. The van der Waals surface area contributed by atoms with E-state index >= 15 is 0 Å². The fourth-order valence-electron chi connectivity index (χ4n) is 2.49. The molecule has 4 nitrogen and oxygen atoms in total. The largest absolute Gasteiger partial charge is 0.467 e. The zero-order valence-electron chi connectivity index (χ0n) is 13.5. The van der Waals surface area contributed by atoms with Crippen molar-refractivity contribution in [2.45, 2.75) is 12.6 Å². The lowest BCUT2D eigenvalue weighted by molar-refractivity contribution is -0.126. The molecule has 2 aromatic carbocycles. The number of halogens is 1. The minimum atomic E-state index is -0.354. The summed E-state index contributed by atoms with van der Waals surface area (Å²) in [5.74, 6) is 0.447. The first-order valence-electron chi connectivity index (χ1n) is 7.93. The molecule has 3 aromatic rings. The van der Waals surface area contributed by atoms with Crippen LogP contribution >= 0.6 is 11.6 Å². The average molecular weight is 356 g/mol. The van der Waals surface area contributed by atoms with Gasteiger partial charge in [-0.1, -0.05) is 60.1 Å². The highest BCUT2D eigenvalue weighted by Gasteiger charge is 2.19. The Morgan fingerprint density at radius 1 is 1.04 bits per heavy atom. The molecular formula is C20H18ClNO3. The number of hydrogen-bond donors (Lipinski definition) is 1. The monoisotopic (exact) mass is 355 g/mol. The molecular weight excluding hydrogens is 338 g/mol. The fourth-order valence-corrected chi connectivity index (χ4v) is 2.68. The number of carbonyl (C=O) groups excluding carboxylic acids is 1.